The Morgan fingerprint density at radius 2 is 1.86 bits per heavy atom. The maximum atomic E-state index is 12.5. The molecule has 0 bridgehead atoms. The van der Waals surface area contributed by atoms with Gasteiger partial charge in [-0.3, -0.25) is 9.59 Å². The Morgan fingerprint density at radius 1 is 1.27 bits per heavy atom. The molecule has 0 saturated heterocycles. The van der Waals surface area contributed by atoms with Crippen molar-refractivity contribution in [2.45, 2.75) is 32.7 Å². The number of rotatable bonds is 6. The minimum absolute atomic E-state index is 0.126. The number of nitrogens with one attached hydrogen (secondary N) is 1. The van der Waals surface area contributed by atoms with Crippen molar-refractivity contribution in [3.8, 4) is 0 Å². The molecule has 1 aromatic carbocycles. The molecular formula is C17H27N3O2. The van der Waals surface area contributed by atoms with Crippen molar-refractivity contribution in [2.24, 2.45) is 11.7 Å². The van der Waals surface area contributed by atoms with E-state index in [4.69, 9.17) is 5.73 Å². The van der Waals surface area contributed by atoms with E-state index in [1.54, 1.807) is 38.4 Å². The standard InChI is InChI=1S/C17H27N3O2/c1-12(2)10-17(3,11-18)19-15(21)13-7-6-8-14(9-13)16(22)20(4)5/h6-9,12H,10-11,18H2,1-5H3,(H,19,21). The average molecular weight is 305 g/mol. The molecule has 1 atom stereocenters. The van der Waals surface area contributed by atoms with Gasteiger partial charge in [0.1, 0.15) is 0 Å². The summed E-state index contributed by atoms with van der Waals surface area (Å²) in [6.45, 7) is 6.50. The molecule has 5 nitrogen and oxygen atoms in total. The summed E-state index contributed by atoms with van der Waals surface area (Å²) in [6, 6.07) is 6.74. The van der Waals surface area contributed by atoms with Gasteiger partial charge in [-0.2, -0.15) is 0 Å². The maximum absolute atomic E-state index is 12.5. The first kappa shape index (κ1) is 18.2. The molecule has 1 unspecified atom stereocenters. The molecule has 0 aliphatic rings. The molecule has 122 valence electrons. The molecule has 5 heteroatoms. The summed E-state index contributed by atoms with van der Waals surface area (Å²) in [5.74, 6) is 0.0935. The van der Waals surface area contributed by atoms with E-state index in [9.17, 15) is 9.59 Å². The lowest BCUT2D eigenvalue weighted by atomic mass is 9.90. The average Bonchev–Trinajstić information content (AvgIpc) is 2.45. The predicted molar refractivity (Wildman–Crippen MR) is 88.8 cm³/mol. The van der Waals surface area contributed by atoms with Gasteiger partial charge in [-0.25, -0.2) is 0 Å². The Kier molecular flexibility index (Phi) is 6.11. The third kappa shape index (κ3) is 4.84. The van der Waals surface area contributed by atoms with Crippen molar-refractivity contribution < 1.29 is 9.59 Å². The van der Waals surface area contributed by atoms with E-state index in [-0.39, 0.29) is 11.8 Å². The molecule has 0 heterocycles. The molecule has 0 aliphatic heterocycles. The first-order valence-corrected chi connectivity index (χ1v) is 7.53. The van der Waals surface area contributed by atoms with Gasteiger partial charge in [-0.05, 0) is 37.5 Å². The van der Waals surface area contributed by atoms with Crippen molar-refractivity contribution in [3.05, 3.63) is 35.4 Å². The van der Waals surface area contributed by atoms with Crippen LogP contribution in [0, 0.1) is 5.92 Å². The first-order chi connectivity index (χ1) is 10.2. The fourth-order valence-corrected chi connectivity index (χ4v) is 2.48. The summed E-state index contributed by atoms with van der Waals surface area (Å²) in [4.78, 5) is 25.9. The van der Waals surface area contributed by atoms with E-state index in [0.29, 0.717) is 23.6 Å². The van der Waals surface area contributed by atoms with Gasteiger partial charge in [0.25, 0.3) is 11.8 Å². The van der Waals surface area contributed by atoms with Gasteiger partial charge in [0.05, 0.1) is 0 Å². The van der Waals surface area contributed by atoms with Crippen LogP contribution < -0.4 is 11.1 Å². The van der Waals surface area contributed by atoms with Crippen molar-refractivity contribution in [1.29, 1.82) is 0 Å². The lowest BCUT2D eigenvalue weighted by Crippen LogP contribution is -2.52. The normalized spacial score (nSPS) is 13.6. The minimum Gasteiger partial charge on any atom is -0.346 e. The number of carbonyl (C=O) groups excluding carboxylic acids is 2. The Balaban J connectivity index is 2.94. The molecule has 0 radical (unpaired) electrons. The number of carbonyl (C=O) groups is 2. The minimum atomic E-state index is -0.452. The predicted octanol–water partition coefficient (Wildman–Crippen LogP) is 1.88. The molecule has 3 N–H and O–H groups in total. The third-order valence-corrected chi connectivity index (χ3v) is 3.50. The van der Waals surface area contributed by atoms with Crippen molar-refractivity contribution in [1.82, 2.24) is 10.2 Å². The second-order valence-corrected chi connectivity index (χ2v) is 6.60. The topological polar surface area (TPSA) is 75.4 Å². The molecule has 1 rings (SSSR count). The van der Waals surface area contributed by atoms with Crippen molar-refractivity contribution in [2.75, 3.05) is 20.6 Å². The Morgan fingerprint density at radius 3 is 2.36 bits per heavy atom. The molecule has 0 aliphatic carbocycles. The number of hydrogen-bond donors (Lipinski definition) is 2. The highest BCUT2D eigenvalue weighted by atomic mass is 16.2. The summed E-state index contributed by atoms with van der Waals surface area (Å²) < 4.78 is 0. The van der Waals surface area contributed by atoms with Gasteiger partial charge in [0.2, 0.25) is 0 Å². The van der Waals surface area contributed by atoms with Crippen LogP contribution in [-0.4, -0.2) is 42.9 Å². The monoisotopic (exact) mass is 305 g/mol. The Bertz CT molecular complexity index is 540. The highest BCUT2D eigenvalue weighted by Gasteiger charge is 2.26. The smallest absolute Gasteiger partial charge is 0.253 e. The fraction of sp³-hybridized carbons (Fsp3) is 0.529. The van der Waals surface area contributed by atoms with Crippen LogP contribution in [0.3, 0.4) is 0 Å². The summed E-state index contributed by atoms with van der Waals surface area (Å²) in [6.07, 6.45) is 0.797. The van der Waals surface area contributed by atoms with E-state index in [1.165, 1.54) is 4.90 Å². The van der Waals surface area contributed by atoms with E-state index >= 15 is 0 Å². The molecular weight excluding hydrogens is 278 g/mol. The Hall–Kier alpha value is -1.88. The zero-order valence-corrected chi connectivity index (χ0v) is 14.1. The summed E-state index contributed by atoms with van der Waals surface area (Å²) in [5, 5.41) is 3.00. The summed E-state index contributed by atoms with van der Waals surface area (Å²) in [7, 11) is 3.37. The highest BCUT2D eigenvalue weighted by molar-refractivity contribution is 5.99. The van der Waals surface area contributed by atoms with Crippen LogP contribution in [0.4, 0.5) is 0 Å². The molecule has 22 heavy (non-hydrogen) atoms. The van der Waals surface area contributed by atoms with Gasteiger partial charge < -0.3 is 16.0 Å². The van der Waals surface area contributed by atoms with E-state index in [0.717, 1.165) is 6.42 Å². The molecule has 0 fully saturated rings. The summed E-state index contributed by atoms with van der Waals surface area (Å²) >= 11 is 0. The van der Waals surface area contributed by atoms with Gasteiger partial charge in [-0.15, -0.1) is 0 Å². The van der Waals surface area contributed by atoms with Crippen molar-refractivity contribution in [3.63, 3.8) is 0 Å². The van der Waals surface area contributed by atoms with E-state index < -0.39 is 5.54 Å². The van der Waals surface area contributed by atoms with Gasteiger partial charge in [0, 0.05) is 37.3 Å². The first-order valence-electron chi connectivity index (χ1n) is 7.53. The summed E-state index contributed by atoms with van der Waals surface area (Å²) in [5.41, 5.74) is 6.34. The van der Waals surface area contributed by atoms with Gasteiger partial charge in [0.15, 0.2) is 0 Å². The highest BCUT2D eigenvalue weighted by Crippen LogP contribution is 2.16. The van der Waals surface area contributed by atoms with Crippen LogP contribution in [0.25, 0.3) is 0 Å². The van der Waals surface area contributed by atoms with E-state index in [2.05, 4.69) is 19.2 Å². The number of nitrogens with zero attached hydrogens (tertiary/aromatic N) is 1. The van der Waals surface area contributed by atoms with Gasteiger partial charge >= 0.3 is 0 Å². The van der Waals surface area contributed by atoms with Crippen LogP contribution in [-0.2, 0) is 0 Å². The second-order valence-electron chi connectivity index (χ2n) is 6.60. The molecule has 0 saturated carbocycles. The van der Waals surface area contributed by atoms with E-state index in [1.807, 2.05) is 6.92 Å². The maximum Gasteiger partial charge on any atom is 0.253 e. The van der Waals surface area contributed by atoms with Crippen LogP contribution in [0.5, 0.6) is 0 Å². The molecule has 0 aromatic heterocycles. The zero-order valence-electron chi connectivity index (χ0n) is 14.1. The number of benzene rings is 1. The lowest BCUT2D eigenvalue weighted by molar-refractivity contribution is 0.0827. The Labute approximate surface area is 132 Å². The van der Waals surface area contributed by atoms with Crippen LogP contribution >= 0.6 is 0 Å². The fourth-order valence-electron chi connectivity index (χ4n) is 2.48. The zero-order chi connectivity index (χ0) is 16.9. The molecule has 0 spiro atoms. The number of amides is 2. The quantitative estimate of drug-likeness (QED) is 0.842. The largest absolute Gasteiger partial charge is 0.346 e. The second kappa shape index (κ2) is 7.40. The van der Waals surface area contributed by atoms with Crippen LogP contribution in [0.1, 0.15) is 47.9 Å². The van der Waals surface area contributed by atoms with Crippen molar-refractivity contribution >= 4 is 11.8 Å². The van der Waals surface area contributed by atoms with Crippen LogP contribution in [0.2, 0.25) is 0 Å². The number of hydrogen-bond acceptors (Lipinski definition) is 3. The van der Waals surface area contributed by atoms with Gasteiger partial charge in [-0.1, -0.05) is 19.9 Å². The van der Waals surface area contributed by atoms with Crippen LogP contribution in [0.15, 0.2) is 24.3 Å². The lowest BCUT2D eigenvalue weighted by Gasteiger charge is -2.31. The SMILES string of the molecule is CC(C)CC(C)(CN)NC(=O)c1cccc(C(=O)N(C)C)c1. The third-order valence-electron chi connectivity index (χ3n) is 3.50. The molecule has 2 amide bonds. The molecule has 1 aromatic rings. The number of nitrogens with two attached hydrogens (primary N) is 1.